The van der Waals surface area contributed by atoms with E-state index in [1.54, 1.807) is 29.3 Å². The van der Waals surface area contributed by atoms with E-state index < -0.39 is 6.03 Å². The topological polar surface area (TPSA) is 96.7 Å². The first-order chi connectivity index (χ1) is 14.6. The third-order valence-electron chi connectivity index (χ3n) is 4.81. The normalized spacial score (nSPS) is 13.4. The van der Waals surface area contributed by atoms with Crippen molar-refractivity contribution >= 4 is 23.3 Å². The number of carbonyl (C=O) groups is 2. The van der Waals surface area contributed by atoms with Gasteiger partial charge in [0.2, 0.25) is 11.8 Å². The van der Waals surface area contributed by atoms with E-state index in [0.717, 1.165) is 12.0 Å². The van der Waals surface area contributed by atoms with Crippen molar-refractivity contribution in [3.8, 4) is 17.1 Å². The van der Waals surface area contributed by atoms with Gasteiger partial charge in [0.1, 0.15) is 5.75 Å². The van der Waals surface area contributed by atoms with E-state index in [9.17, 15) is 9.59 Å². The Bertz CT molecular complexity index is 1050. The number of anilines is 2. The molecule has 1 fully saturated rings. The Labute approximate surface area is 173 Å². The van der Waals surface area contributed by atoms with Crippen LogP contribution >= 0.6 is 0 Å². The number of oxazole rings is 1. The Morgan fingerprint density at radius 1 is 1.23 bits per heavy atom. The standard InChI is InChI=1S/C22H22N4O4/c1-29-18-12-16(9-10-17(18)26-11-5-8-21(26)27)25-22(28)24-14-20-23-13-19(30-20)15-6-3-2-4-7-15/h2-4,6-7,9-10,12-13H,5,8,11,14H2,1H3,(H2,24,25,28). The van der Waals surface area contributed by atoms with Gasteiger partial charge in [-0.25, -0.2) is 9.78 Å². The van der Waals surface area contributed by atoms with Gasteiger partial charge in [0.15, 0.2) is 5.76 Å². The Hall–Kier alpha value is -3.81. The second-order valence-electron chi connectivity index (χ2n) is 6.83. The first kappa shape index (κ1) is 19.5. The molecular formula is C22H22N4O4. The van der Waals surface area contributed by atoms with Gasteiger partial charge in [-0.15, -0.1) is 0 Å². The molecule has 0 aliphatic carbocycles. The van der Waals surface area contributed by atoms with Crippen LogP contribution < -0.4 is 20.3 Å². The van der Waals surface area contributed by atoms with Crippen molar-refractivity contribution in [3.05, 3.63) is 60.6 Å². The molecule has 1 saturated heterocycles. The van der Waals surface area contributed by atoms with E-state index in [-0.39, 0.29) is 12.5 Å². The zero-order chi connectivity index (χ0) is 20.9. The molecule has 0 unspecified atom stereocenters. The van der Waals surface area contributed by atoms with Crippen LogP contribution in [0.2, 0.25) is 0 Å². The lowest BCUT2D eigenvalue weighted by Crippen LogP contribution is -2.28. The molecule has 4 rings (SSSR count). The second kappa shape index (κ2) is 8.69. The fourth-order valence-corrected chi connectivity index (χ4v) is 3.34. The molecule has 3 amide bonds. The summed E-state index contributed by atoms with van der Waals surface area (Å²) in [5, 5.41) is 5.47. The molecule has 0 atom stereocenters. The zero-order valence-corrected chi connectivity index (χ0v) is 16.6. The van der Waals surface area contributed by atoms with Gasteiger partial charge in [0.25, 0.3) is 0 Å². The van der Waals surface area contributed by atoms with Crippen LogP contribution in [0, 0.1) is 0 Å². The van der Waals surface area contributed by atoms with Gasteiger partial charge in [0, 0.05) is 30.3 Å². The van der Waals surface area contributed by atoms with Crippen molar-refractivity contribution in [3.63, 3.8) is 0 Å². The first-order valence-electron chi connectivity index (χ1n) is 9.67. The van der Waals surface area contributed by atoms with Crippen LogP contribution in [0.4, 0.5) is 16.2 Å². The summed E-state index contributed by atoms with van der Waals surface area (Å²) in [6.07, 6.45) is 3.00. The molecule has 0 radical (unpaired) electrons. The van der Waals surface area contributed by atoms with E-state index in [4.69, 9.17) is 9.15 Å². The average Bonchev–Trinajstić information content (AvgIpc) is 3.42. The highest BCUT2D eigenvalue weighted by Crippen LogP contribution is 2.33. The molecule has 30 heavy (non-hydrogen) atoms. The second-order valence-corrected chi connectivity index (χ2v) is 6.83. The first-order valence-corrected chi connectivity index (χ1v) is 9.67. The van der Waals surface area contributed by atoms with Crippen molar-refractivity contribution in [1.82, 2.24) is 10.3 Å². The number of hydrogen-bond donors (Lipinski definition) is 2. The largest absolute Gasteiger partial charge is 0.494 e. The molecule has 2 aromatic carbocycles. The summed E-state index contributed by atoms with van der Waals surface area (Å²) < 4.78 is 11.1. The van der Waals surface area contributed by atoms with E-state index in [1.165, 1.54) is 7.11 Å². The number of benzene rings is 2. The molecule has 0 spiro atoms. The molecule has 154 valence electrons. The predicted octanol–water partition coefficient (Wildman–Crippen LogP) is 3.80. The number of amides is 3. The molecule has 1 aromatic heterocycles. The summed E-state index contributed by atoms with van der Waals surface area (Å²) in [5.74, 6) is 1.66. The number of hydrogen-bond acceptors (Lipinski definition) is 5. The number of rotatable bonds is 6. The van der Waals surface area contributed by atoms with Crippen LogP contribution in [0.5, 0.6) is 5.75 Å². The Balaban J connectivity index is 1.36. The minimum absolute atomic E-state index is 0.0765. The number of aromatic nitrogens is 1. The minimum Gasteiger partial charge on any atom is -0.494 e. The van der Waals surface area contributed by atoms with Gasteiger partial charge in [0.05, 0.1) is 25.5 Å². The van der Waals surface area contributed by atoms with Gasteiger partial charge >= 0.3 is 6.03 Å². The average molecular weight is 406 g/mol. The maximum Gasteiger partial charge on any atom is 0.319 e. The molecule has 3 aromatic rings. The van der Waals surface area contributed by atoms with Crippen molar-refractivity contribution in [2.75, 3.05) is 23.9 Å². The SMILES string of the molecule is COc1cc(NC(=O)NCc2ncc(-c3ccccc3)o2)ccc1N1CCCC1=O. The van der Waals surface area contributed by atoms with Crippen LogP contribution in [0.15, 0.2) is 59.1 Å². The fraction of sp³-hybridized carbons (Fsp3) is 0.227. The lowest BCUT2D eigenvalue weighted by molar-refractivity contribution is -0.117. The highest BCUT2D eigenvalue weighted by atomic mass is 16.5. The summed E-state index contributed by atoms with van der Waals surface area (Å²) in [5.41, 5.74) is 2.18. The molecule has 1 aliphatic rings. The highest BCUT2D eigenvalue weighted by Gasteiger charge is 2.24. The smallest absolute Gasteiger partial charge is 0.319 e. The quantitative estimate of drug-likeness (QED) is 0.649. The lowest BCUT2D eigenvalue weighted by atomic mass is 10.2. The minimum atomic E-state index is -0.401. The van der Waals surface area contributed by atoms with Crippen LogP contribution in [0.25, 0.3) is 11.3 Å². The number of ether oxygens (including phenoxy) is 1. The number of nitrogens with one attached hydrogen (secondary N) is 2. The summed E-state index contributed by atoms with van der Waals surface area (Å²) >= 11 is 0. The van der Waals surface area contributed by atoms with E-state index in [0.29, 0.717) is 41.7 Å². The van der Waals surface area contributed by atoms with Gasteiger partial charge in [-0.3, -0.25) is 4.79 Å². The lowest BCUT2D eigenvalue weighted by Gasteiger charge is -2.19. The number of nitrogens with zero attached hydrogens (tertiary/aromatic N) is 2. The van der Waals surface area contributed by atoms with Crippen LogP contribution in [0.1, 0.15) is 18.7 Å². The van der Waals surface area contributed by atoms with Crippen molar-refractivity contribution in [2.24, 2.45) is 0 Å². The molecular weight excluding hydrogens is 384 g/mol. The number of carbonyl (C=O) groups excluding carboxylic acids is 2. The van der Waals surface area contributed by atoms with Gasteiger partial charge in [-0.1, -0.05) is 30.3 Å². The Kier molecular flexibility index (Phi) is 5.65. The highest BCUT2D eigenvalue weighted by molar-refractivity contribution is 5.97. The van der Waals surface area contributed by atoms with Crippen molar-refractivity contribution in [2.45, 2.75) is 19.4 Å². The predicted molar refractivity (Wildman–Crippen MR) is 112 cm³/mol. The maximum atomic E-state index is 12.3. The molecule has 2 N–H and O–H groups in total. The monoisotopic (exact) mass is 406 g/mol. The molecule has 2 heterocycles. The van der Waals surface area contributed by atoms with E-state index in [2.05, 4.69) is 15.6 Å². The van der Waals surface area contributed by atoms with Gasteiger partial charge in [-0.05, 0) is 18.6 Å². The van der Waals surface area contributed by atoms with Crippen LogP contribution in [-0.4, -0.2) is 30.6 Å². The van der Waals surface area contributed by atoms with Gasteiger partial charge < -0.3 is 24.7 Å². The van der Waals surface area contributed by atoms with Gasteiger partial charge in [-0.2, -0.15) is 0 Å². The molecule has 0 bridgehead atoms. The third kappa shape index (κ3) is 4.27. The fourth-order valence-electron chi connectivity index (χ4n) is 3.34. The summed E-state index contributed by atoms with van der Waals surface area (Å²) in [6.45, 7) is 0.819. The molecule has 8 heteroatoms. The number of urea groups is 1. The van der Waals surface area contributed by atoms with Crippen molar-refractivity contribution in [1.29, 1.82) is 0 Å². The summed E-state index contributed by atoms with van der Waals surface area (Å²) in [7, 11) is 1.54. The van der Waals surface area contributed by atoms with E-state index in [1.807, 2.05) is 30.3 Å². The molecule has 1 aliphatic heterocycles. The molecule has 8 nitrogen and oxygen atoms in total. The Morgan fingerprint density at radius 3 is 2.80 bits per heavy atom. The summed E-state index contributed by atoms with van der Waals surface area (Å²) in [6, 6.07) is 14.4. The third-order valence-corrected chi connectivity index (χ3v) is 4.81. The molecule has 0 saturated carbocycles. The van der Waals surface area contributed by atoms with Crippen LogP contribution in [-0.2, 0) is 11.3 Å². The van der Waals surface area contributed by atoms with Crippen LogP contribution in [0.3, 0.4) is 0 Å². The maximum absolute atomic E-state index is 12.3. The number of methoxy groups -OCH3 is 1. The zero-order valence-electron chi connectivity index (χ0n) is 16.6. The van der Waals surface area contributed by atoms with Crippen molar-refractivity contribution < 1.29 is 18.7 Å². The Morgan fingerprint density at radius 2 is 2.07 bits per heavy atom. The van der Waals surface area contributed by atoms with E-state index >= 15 is 0 Å². The summed E-state index contributed by atoms with van der Waals surface area (Å²) in [4.78, 5) is 30.2.